The van der Waals surface area contributed by atoms with Crippen molar-refractivity contribution in [1.29, 1.82) is 0 Å². The predicted octanol–water partition coefficient (Wildman–Crippen LogP) is 4.29. The number of hydrogen-bond donors (Lipinski definition) is 0. The first kappa shape index (κ1) is 14.0. The van der Waals surface area contributed by atoms with Crippen molar-refractivity contribution in [3.8, 4) is 5.75 Å². The van der Waals surface area contributed by atoms with Crippen LogP contribution in [0.15, 0.2) is 12.1 Å². The van der Waals surface area contributed by atoms with Gasteiger partial charge in [0.15, 0.2) is 0 Å². The summed E-state index contributed by atoms with van der Waals surface area (Å²) >= 11 is 0. The van der Waals surface area contributed by atoms with Crippen LogP contribution in [0.4, 0.5) is 0 Å². The van der Waals surface area contributed by atoms with Crippen LogP contribution in [-0.4, -0.2) is 7.11 Å². The van der Waals surface area contributed by atoms with Gasteiger partial charge in [0.1, 0.15) is 5.75 Å². The van der Waals surface area contributed by atoms with Crippen molar-refractivity contribution in [2.24, 2.45) is 0 Å². The lowest BCUT2D eigenvalue weighted by atomic mass is 10.0. The third kappa shape index (κ3) is 4.37. The molecule has 1 rings (SSSR count). The van der Waals surface area contributed by atoms with Gasteiger partial charge in [-0.05, 0) is 43.0 Å². The fraction of sp³-hybridized carbons (Fsp3) is 0.571. The van der Waals surface area contributed by atoms with Gasteiger partial charge in [-0.15, -0.1) is 0 Å². The Labute approximate surface area is 94.5 Å². The molecule has 0 spiro atoms. The highest BCUT2D eigenvalue weighted by atomic mass is 16.5. The molecule has 0 saturated heterocycles. The molecular weight excluding hydrogens is 184 g/mol. The molecule has 1 heteroatoms. The molecule has 1 nitrogen and oxygen atoms in total. The molecule has 0 aliphatic rings. The van der Waals surface area contributed by atoms with E-state index in [9.17, 15) is 0 Å². The lowest BCUT2D eigenvalue weighted by molar-refractivity contribution is 0.411. The normalized spacial score (nSPS) is 9.20. The third-order valence-corrected chi connectivity index (χ3v) is 2.31. The molecule has 1 aromatic carbocycles. The van der Waals surface area contributed by atoms with E-state index in [4.69, 9.17) is 4.74 Å². The van der Waals surface area contributed by atoms with Gasteiger partial charge < -0.3 is 4.74 Å². The van der Waals surface area contributed by atoms with E-state index >= 15 is 0 Å². The second-order valence-corrected chi connectivity index (χ2v) is 3.80. The molecule has 0 aliphatic heterocycles. The maximum atomic E-state index is 5.27. The number of aryl methyl sites for hydroxylation is 2. The van der Waals surface area contributed by atoms with E-state index in [1.54, 1.807) is 7.11 Å². The van der Waals surface area contributed by atoms with Gasteiger partial charge in [-0.1, -0.05) is 33.3 Å². The summed E-state index contributed by atoms with van der Waals surface area (Å²) in [6, 6.07) is 4.33. The Balaban J connectivity index is 0.000000583. The molecule has 86 valence electrons. The molecule has 15 heavy (non-hydrogen) atoms. The average molecular weight is 208 g/mol. The van der Waals surface area contributed by atoms with E-state index in [0.717, 1.165) is 12.2 Å². The highest BCUT2D eigenvalue weighted by Gasteiger charge is 2.02. The van der Waals surface area contributed by atoms with Crippen LogP contribution >= 0.6 is 0 Å². The van der Waals surface area contributed by atoms with Crippen LogP contribution in [0.25, 0.3) is 0 Å². The number of benzene rings is 1. The summed E-state index contributed by atoms with van der Waals surface area (Å²) in [5.74, 6) is 1.01. The molecular formula is C14H24O. The minimum absolute atomic E-state index is 1.01. The van der Waals surface area contributed by atoms with Crippen LogP contribution in [-0.2, 0) is 6.42 Å². The molecule has 0 bridgehead atoms. The van der Waals surface area contributed by atoms with Crippen LogP contribution in [0.5, 0.6) is 5.75 Å². The van der Waals surface area contributed by atoms with Crippen LogP contribution < -0.4 is 4.74 Å². The summed E-state index contributed by atoms with van der Waals surface area (Å²) in [4.78, 5) is 0. The summed E-state index contributed by atoms with van der Waals surface area (Å²) in [6.07, 6.45) is 2.32. The van der Waals surface area contributed by atoms with Gasteiger partial charge >= 0.3 is 0 Å². The molecule has 0 fully saturated rings. The van der Waals surface area contributed by atoms with Crippen LogP contribution in [0, 0.1) is 13.8 Å². The molecule has 0 unspecified atom stereocenters. The fourth-order valence-electron chi connectivity index (χ4n) is 1.32. The first-order valence-electron chi connectivity index (χ1n) is 5.74. The van der Waals surface area contributed by atoms with E-state index in [-0.39, 0.29) is 0 Å². The molecule has 1 aromatic rings. The first-order chi connectivity index (χ1) is 7.10. The number of ether oxygens (including phenoxy) is 1. The second-order valence-electron chi connectivity index (χ2n) is 3.80. The Morgan fingerprint density at radius 2 is 1.60 bits per heavy atom. The van der Waals surface area contributed by atoms with E-state index in [1.807, 2.05) is 0 Å². The van der Waals surface area contributed by atoms with Gasteiger partial charge in [0.2, 0.25) is 0 Å². The topological polar surface area (TPSA) is 9.23 Å². The van der Waals surface area contributed by atoms with Crippen LogP contribution in [0.3, 0.4) is 0 Å². The van der Waals surface area contributed by atoms with E-state index in [0.29, 0.717) is 0 Å². The maximum absolute atomic E-state index is 5.27. The standard InChI is InChI=1S/C11H16O.C3H8/c1-5-10-6-8(2)9(3)11(7-10)12-4;1-3-2/h6-7H,5H2,1-4H3;3H2,1-2H3. The first-order valence-corrected chi connectivity index (χ1v) is 5.74. The molecule has 0 aromatic heterocycles. The van der Waals surface area contributed by atoms with Crippen LogP contribution in [0.2, 0.25) is 0 Å². The van der Waals surface area contributed by atoms with Crippen molar-refractivity contribution in [2.75, 3.05) is 7.11 Å². The maximum Gasteiger partial charge on any atom is 0.122 e. The van der Waals surface area contributed by atoms with Crippen molar-refractivity contribution in [3.63, 3.8) is 0 Å². The minimum atomic E-state index is 1.01. The Morgan fingerprint density at radius 3 is 2.00 bits per heavy atom. The summed E-state index contributed by atoms with van der Waals surface area (Å²) in [6.45, 7) is 10.6. The molecule has 0 radical (unpaired) electrons. The smallest absolute Gasteiger partial charge is 0.122 e. The Kier molecular flexibility index (Phi) is 6.85. The van der Waals surface area contributed by atoms with E-state index < -0.39 is 0 Å². The molecule has 0 heterocycles. The monoisotopic (exact) mass is 208 g/mol. The summed E-state index contributed by atoms with van der Waals surface area (Å²) < 4.78 is 5.27. The largest absolute Gasteiger partial charge is 0.496 e. The molecule has 0 aliphatic carbocycles. The lowest BCUT2D eigenvalue weighted by Crippen LogP contribution is -1.92. The Bertz CT molecular complexity index is 290. The summed E-state index contributed by atoms with van der Waals surface area (Å²) in [5, 5.41) is 0. The van der Waals surface area contributed by atoms with Crippen molar-refractivity contribution >= 4 is 0 Å². The number of rotatable bonds is 2. The summed E-state index contributed by atoms with van der Waals surface area (Å²) in [7, 11) is 1.72. The van der Waals surface area contributed by atoms with E-state index in [1.165, 1.54) is 23.1 Å². The average Bonchev–Trinajstić information content (AvgIpc) is 2.23. The zero-order valence-corrected chi connectivity index (χ0v) is 11.0. The third-order valence-electron chi connectivity index (χ3n) is 2.31. The molecule has 0 N–H and O–H groups in total. The van der Waals surface area contributed by atoms with Gasteiger partial charge in [0.05, 0.1) is 7.11 Å². The van der Waals surface area contributed by atoms with Crippen molar-refractivity contribution < 1.29 is 4.74 Å². The molecule has 0 amide bonds. The zero-order valence-electron chi connectivity index (χ0n) is 11.0. The lowest BCUT2D eigenvalue weighted by Gasteiger charge is -2.09. The number of methoxy groups -OCH3 is 1. The van der Waals surface area contributed by atoms with Gasteiger partial charge in [-0.2, -0.15) is 0 Å². The summed E-state index contributed by atoms with van der Waals surface area (Å²) in [5.41, 5.74) is 3.90. The number of hydrogen-bond acceptors (Lipinski definition) is 1. The molecule has 0 saturated carbocycles. The highest BCUT2D eigenvalue weighted by Crippen LogP contribution is 2.23. The highest BCUT2D eigenvalue weighted by molar-refractivity contribution is 5.42. The second kappa shape index (κ2) is 7.33. The zero-order chi connectivity index (χ0) is 11.8. The minimum Gasteiger partial charge on any atom is -0.496 e. The van der Waals surface area contributed by atoms with Crippen molar-refractivity contribution in [1.82, 2.24) is 0 Å². The van der Waals surface area contributed by atoms with Crippen LogP contribution in [0.1, 0.15) is 43.9 Å². The van der Waals surface area contributed by atoms with Gasteiger partial charge in [-0.3, -0.25) is 0 Å². The SMILES string of the molecule is CCC.CCc1cc(C)c(C)c(OC)c1. The molecule has 0 atom stereocenters. The van der Waals surface area contributed by atoms with Crippen molar-refractivity contribution in [2.45, 2.75) is 47.5 Å². The predicted molar refractivity (Wildman–Crippen MR) is 67.8 cm³/mol. The van der Waals surface area contributed by atoms with Gasteiger partial charge in [0.25, 0.3) is 0 Å². The van der Waals surface area contributed by atoms with Gasteiger partial charge in [0, 0.05) is 0 Å². The Morgan fingerprint density at radius 1 is 1.07 bits per heavy atom. The fourth-order valence-corrected chi connectivity index (χ4v) is 1.32. The Hall–Kier alpha value is -0.980. The van der Waals surface area contributed by atoms with E-state index in [2.05, 4.69) is 46.8 Å². The quantitative estimate of drug-likeness (QED) is 0.704. The van der Waals surface area contributed by atoms with Gasteiger partial charge in [-0.25, -0.2) is 0 Å². The van der Waals surface area contributed by atoms with Crippen molar-refractivity contribution in [3.05, 3.63) is 28.8 Å².